The molecule has 106 valence electrons. The molecule has 0 spiro atoms. The molecule has 0 fully saturated rings. The average molecular weight is 340 g/mol. The Balaban J connectivity index is 2.60. The van der Waals surface area contributed by atoms with Crippen molar-refractivity contribution in [1.82, 2.24) is 4.57 Å². The van der Waals surface area contributed by atoms with Crippen LogP contribution in [0.15, 0.2) is 35.1 Å². The molecule has 0 bridgehead atoms. The second kappa shape index (κ2) is 5.54. The summed E-state index contributed by atoms with van der Waals surface area (Å²) in [5, 5.41) is 11.2. The van der Waals surface area contributed by atoms with E-state index in [0.29, 0.717) is 15.9 Å². The molecular formula is C13H14BrN3O3. The number of ether oxygens (including phenoxy) is 1. The van der Waals surface area contributed by atoms with E-state index in [-0.39, 0.29) is 5.69 Å². The zero-order valence-corrected chi connectivity index (χ0v) is 12.9. The van der Waals surface area contributed by atoms with Crippen LogP contribution in [-0.4, -0.2) is 30.7 Å². The van der Waals surface area contributed by atoms with E-state index in [1.54, 1.807) is 16.8 Å². The summed E-state index contributed by atoms with van der Waals surface area (Å²) in [5.41, 5.74) is 1.43. The van der Waals surface area contributed by atoms with Gasteiger partial charge < -0.3 is 14.2 Å². The molecule has 0 amide bonds. The Morgan fingerprint density at radius 1 is 1.40 bits per heavy atom. The van der Waals surface area contributed by atoms with Crippen molar-refractivity contribution in [3.63, 3.8) is 0 Å². The Hall–Kier alpha value is -2.02. The van der Waals surface area contributed by atoms with Crippen LogP contribution in [0.1, 0.15) is 0 Å². The normalized spacial score (nSPS) is 10.4. The Bertz CT molecular complexity index is 652. The van der Waals surface area contributed by atoms with Crippen molar-refractivity contribution in [1.29, 1.82) is 0 Å². The fourth-order valence-electron chi connectivity index (χ4n) is 1.84. The summed E-state index contributed by atoms with van der Waals surface area (Å²) in [5.74, 6) is 0.547. The predicted molar refractivity (Wildman–Crippen MR) is 81.0 cm³/mol. The van der Waals surface area contributed by atoms with Gasteiger partial charge in [0.05, 0.1) is 22.2 Å². The Labute approximate surface area is 124 Å². The van der Waals surface area contributed by atoms with Gasteiger partial charge in [-0.3, -0.25) is 10.1 Å². The van der Waals surface area contributed by atoms with Crippen LogP contribution in [0.4, 0.5) is 11.4 Å². The van der Waals surface area contributed by atoms with Gasteiger partial charge >= 0.3 is 0 Å². The number of rotatable bonds is 4. The van der Waals surface area contributed by atoms with Crippen molar-refractivity contribution in [2.75, 3.05) is 26.1 Å². The molecule has 0 N–H and O–H groups in total. The smallest absolute Gasteiger partial charge is 0.294 e. The zero-order chi connectivity index (χ0) is 14.9. The van der Waals surface area contributed by atoms with Crippen molar-refractivity contribution < 1.29 is 9.66 Å². The van der Waals surface area contributed by atoms with Crippen LogP contribution >= 0.6 is 15.9 Å². The molecule has 7 heteroatoms. The number of halogens is 1. The summed E-state index contributed by atoms with van der Waals surface area (Å²) in [6.07, 6.45) is 3.61. The van der Waals surface area contributed by atoms with Crippen molar-refractivity contribution in [3.8, 4) is 11.4 Å². The summed E-state index contributed by atoms with van der Waals surface area (Å²) in [7, 11) is 5.35. The highest BCUT2D eigenvalue weighted by Crippen LogP contribution is 2.35. The standard InChI is InChI=1S/C13H14BrN3O3/c1-15(2)9-4-5-16(8-9)11-7-13(20-3)10(14)6-12(11)17(18)19/h4-8H,1-3H3. The minimum absolute atomic E-state index is 0.0126. The van der Waals surface area contributed by atoms with E-state index in [1.807, 2.05) is 31.3 Å². The van der Waals surface area contributed by atoms with Gasteiger partial charge in [-0.05, 0) is 22.0 Å². The first-order valence-corrected chi connectivity index (χ1v) is 6.61. The lowest BCUT2D eigenvalue weighted by molar-refractivity contribution is -0.384. The van der Waals surface area contributed by atoms with Crippen LogP contribution in [0.5, 0.6) is 5.75 Å². The molecule has 2 rings (SSSR count). The highest BCUT2D eigenvalue weighted by Gasteiger charge is 2.19. The Kier molecular flexibility index (Phi) is 3.99. The van der Waals surface area contributed by atoms with Crippen molar-refractivity contribution >= 4 is 27.3 Å². The molecule has 1 aromatic heterocycles. The first-order valence-electron chi connectivity index (χ1n) is 5.81. The molecule has 2 aromatic rings. The quantitative estimate of drug-likeness (QED) is 0.633. The van der Waals surface area contributed by atoms with E-state index in [1.165, 1.54) is 13.2 Å². The molecule has 0 radical (unpaired) electrons. The first-order chi connectivity index (χ1) is 9.43. The summed E-state index contributed by atoms with van der Waals surface area (Å²) < 4.78 is 7.46. The molecule has 6 nitrogen and oxygen atoms in total. The van der Waals surface area contributed by atoms with E-state index in [9.17, 15) is 10.1 Å². The summed E-state index contributed by atoms with van der Waals surface area (Å²) in [6, 6.07) is 4.98. The van der Waals surface area contributed by atoms with E-state index in [2.05, 4.69) is 15.9 Å². The zero-order valence-electron chi connectivity index (χ0n) is 11.3. The molecule has 0 unspecified atom stereocenters. The van der Waals surface area contributed by atoms with Gasteiger partial charge in [0, 0.05) is 38.6 Å². The second-order valence-electron chi connectivity index (χ2n) is 4.40. The minimum Gasteiger partial charge on any atom is -0.495 e. The maximum Gasteiger partial charge on any atom is 0.294 e. The monoisotopic (exact) mass is 339 g/mol. The van der Waals surface area contributed by atoms with E-state index < -0.39 is 4.92 Å². The summed E-state index contributed by atoms with van der Waals surface area (Å²) in [4.78, 5) is 12.7. The highest BCUT2D eigenvalue weighted by atomic mass is 79.9. The van der Waals surface area contributed by atoms with Crippen LogP contribution in [-0.2, 0) is 0 Å². The lowest BCUT2D eigenvalue weighted by Crippen LogP contribution is -2.07. The topological polar surface area (TPSA) is 60.5 Å². The summed E-state index contributed by atoms with van der Waals surface area (Å²) in [6.45, 7) is 0. The van der Waals surface area contributed by atoms with Gasteiger partial charge in [-0.25, -0.2) is 0 Å². The van der Waals surface area contributed by atoms with E-state index in [4.69, 9.17) is 4.74 Å². The lowest BCUT2D eigenvalue weighted by atomic mass is 10.2. The minimum atomic E-state index is -0.408. The summed E-state index contributed by atoms with van der Waals surface area (Å²) >= 11 is 3.26. The molecule has 0 saturated heterocycles. The van der Waals surface area contributed by atoms with Gasteiger partial charge in [0.15, 0.2) is 0 Å². The number of nitro benzene ring substituents is 1. The number of aromatic nitrogens is 1. The third-order valence-corrected chi connectivity index (χ3v) is 3.54. The molecule has 0 saturated carbocycles. The molecule has 0 aliphatic rings. The van der Waals surface area contributed by atoms with Crippen LogP contribution in [0.2, 0.25) is 0 Å². The third-order valence-electron chi connectivity index (χ3n) is 2.92. The van der Waals surface area contributed by atoms with E-state index in [0.717, 1.165) is 5.69 Å². The molecule has 1 aromatic carbocycles. The molecule has 1 heterocycles. The molecular weight excluding hydrogens is 326 g/mol. The van der Waals surface area contributed by atoms with Crippen LogP contribution in [0.3, 0.4) is 0 Å². The first kappa shape index (κ1) is 14.4. The lowest BCUT2D eigenvalue weighted by Gasteiger charge is -2.10. The number of methoxy groups -OCH3 is 1. The number of hydrogen-bond acceptors (Lipinski definition) is 4. The molecule has 0 aliphatic carbocycles. The fraction of sp³-hybridized carbons (Fsp3) is 0.231. The largest absolute Gasteiger partial charge is 0.495 e. The van der Waals surface area contributed by atoms with Gasteiger partial charge in [0.2, 0.25) is 0 Å². The Morgan fingerprint density at radius 2 is 2.10 bits per heavy atom. The molecule has 0 atom stereocenters. The third kappa shape index (κ3) is 2.62. The maximum atomic E-state index is 11.2. The van der Waals surface area contributed by atoms with Crippen molar-refractivity contribution in [2.45, 2.75) is 0 Å². The molecule has 20 heavy (non-hydrogen) atoms. The number of nitro groups is 1. The van der Waals surface area contributed by atoms with Crippen LogP contribution in [0, 0.1) is 10.1 Å². The van der Waals surface area contributed by atoms with Gasteiger partial charge in [0.1, 0.15) is 11.4 Å². The van der Waals surface area contributed by atoms with Gasteiger partial charge in [-0.1, -0.05) is 0 Å². The van der Waals surface area contributed by atoms with E-state index >= 15 is 0 Å². The van der Waals surface area contributed by atoms with Crippen LogP contribution < -0.4 is 9.64 Å². The van der Waals surface area contributed by atoms with Crippen molar-refractivity contribution in [3.05, 3.63) is 45.2 Å². The van der Waals surface area contributed by atoms with Crippen molar-refractivity contribution in [2.24, 2.45) is 0 Å². The fourth-order valence-corrected chi connectivity index (χ4v) is 2.33. The van der Waals surface area contributed by atoms with Gasteiger partial charge in [-0.15, -0.1) is 0 Å². The highest BCUT2D eigenvalue weighted by molar-refractivity contribution is 9.10. The maximum absolute atomic E-state index is 11.2. The SMILES string of the molecule is COc1cc(-n2ccc(N(C)C)c2)c([N+](=O)[O-])cc1Br. The molecule has 0 aliphatic heterocycles. The van der Waals surface area contributed by atoms with Crippen LogP contribution in [0.25, 0.3) is 5.69 Å². The van der Waals surface area contributed by atoms with Gasteiger partial charge in [0.25, 0.3) is 5.69 Å². The number of anilines is 1. The number of nitrogens with zero attached hydrogens (tertiary/aromatic N) is 3. The predicted octanol–water partition coefficient (Wildman–Crippen LogP) is 3.22. The number of hydrogen-bond donors (Lipinski definition) is 0. The Morgan fingerprint density at radius 3 is 2.60 bits per heavy atom. The second-order valence-corrected chi connectivity index (χ2v) is 5.26. The van der Waals surface area contributed by atoms with Gasteiger partial charge in [-0.2, -0.15) is 0 Å². The average Bonchev–Trinajstić information content (AvgIpc) is 2.87. The number of benzene rings is 1.